The number of rotatable bonds is 3. The van der Waals surface area contributed by atoms with E-state index in [-0.39, 0.29) is 0 Å². The van der Waals surface area contributed by atoms with E-state index in [1.165, 1.54) is 12.8 Å². The minimum absolute atomic E-state index is 0.471. The second-order valence-electron chi connectivity index (χ2n) is 4.36. The maximum Gasteiger partial charge on any atom is 0.145 e. The van der Waals surface area contributed by atoms with E-state index in [4.69, 9.17) is 0 Å². The molecule has 1 atom stereocenters. The van der Waals surface area contributed by atoms with Crippen LogP contribution in [0, 0.1) is 11.8 Å². The zero-order chi connectivity index (χ0) is 10.1. The Kier molecular flexibility index (Phi) is 2.83. The normalized spacial score (nSPS) is 28.5. The van der Waals surface area contributed by atoms with E-state index in [2.05, 4.69) is 17.1 Å². The Morgan fingerprint density at radius 1 is 1.50 bits per heavy atom. The summed E-state index contributed by atoms with van der Waals surface area (Å²) in [5.41, 5.74) is 0. The predicted octanol–water partition coefficient (Wildman–Crippen LogP) is 2.18. The van der Waals surface area contributed by atoms with Gasteiger partial charge in [0.2, 0.25) is 0 Å². The first kappa shape index (κ1) is 10.1. The highest BCUT2D eigenvalue weighted by Gasteiger charge is 2.26. The summed E-state index contributed by atoms with van der Waals surface area (Å²) >= 11 is 1.55. The lowest BCUT2D eigenvalue weighted by atomic mass is 9.75. The molecule has 0 spiro atoms. The molecular weight excluding hydrogens is 196 g/mol. The molecule has 0 aliphatic heterocycles. The lowest BCUT2D eigenvalue weighted by Crippen LogP contribution is -2.22. The van der Waals surface area contributed by atoms with Crippen LogP contribution in [0.4, 0.5) is 0 Å². The highest BCUT2D eigenvalue weighted by atomic mass is 32.1. The van der Waals surface area contributed by atoms with Crippen molar-refractivity contribution in [3.05, 3.63) is 10.0 Å². The fourth-order valence-corrected chi connectivity index (χ4v) is 2.89. The summed E-state index contributed by atoms with van der Waals surface area (Å²) in [6.45, 7) is 4.02. The highest BCUT2D eigenvalue weighted by Crippen LogP contribution is 2.36. The number of aromatic nitrogens is 2. The van der Waals surface area contributed by atoms with Crippen LogP contribution >= 0.6 is 11.3 Å². The summed E-state index contributed by atoms with van der Waals surface area (Å²) in [6, 6.07) is 0. The van der Waals surface area contributed by atoms with Crippen LogP contribution in [0.5, 0.6) is 0 Å². The average molecular weight is 212 g/mol. The molecule has 3 nitrogen and oxygen atoms in total. The third kappa shape index (κ3) is 2.12. The smallest absolute Gasteiger partial charge is 0.145 e. The molecule has 0 aromatic carbocycles. The van der Waals surface area contributed by atoms with Crippen LogP contribution in [-0.2, 0) is 6.42 Å². The molecule has 4 heteroatoms. The fraction of sp³-hybridized carbons (Fsp3) is 0.800. The van der Waals surface area contributed by atoms with E-state index in [9.17, 15) is 5.11 Å². The average Bonchev–Trinajstić information content (AvgIpc) is 2.50. The third-order valence-corrected chi connectivity index (χ3v) is 3.89. The highest BCUT2D eigenvalue weighted by molar-refractivity contribution is 7.11. The lowest BCUT2D eigenvalue weighted by Gasteiger charge is -2.31. The van der Waals surface area contributed by atoms with E-state index in [1.807, 2.05) is 0 Å². The van der Waals surface area contributed by atoms with E-state index < -0.39 is 6.10 Å². The van der Waals surface area contributed by atoms with Crippen molar-refractivity contribution in [1.29, 1.82) is 0 Å². The van der Waals surface area contributed by atoms with Crippen LogP contribution in [0.3, 0.4) is 0 Å². The lowest BCUT2D eigenvalue weighted by molar-refractivity contribution is 0.198. The van der Waals surface area contributed by atoms with Crippen LogP contribution < -0.4 is 0 Å². The summed E-state index contributed by atoms with van der Waals surface area (Å²) in [4.78, 5) is 0. The van der Waals surface area contributed by atoms with Gasteiger partial charge in [0.15, 0.2) is 0 Å². The van der Waals surface area contributed by atoms with E-state index >= 15 is 0 Å². The van der Waals surface area contributed by atoms with Crippen molar-refractivity contribution in [2.24, 2.45) is 11.8 Å². The number of hydrogen-bond acceptors (Lipinski definition) is 4. The zero-order valence-corrected chi connectivity index (χ0v) is 9.42. The van der Waals surface area contributed by atoms with Crippen LogP contribution in [0.2, 0.25) is 0 Å². The monoisotopic (exact) mass is 212 g/mol. The minimum atomic E-state index is -0.471. The molecule has 0 saturated heterocycles. The molecule has 1 heterocycles. The quantitative estimate of drug-likeness (QED) is 0.835. The first-order valence-electron chi connectivity index (χ1n) is 5.15. The van der Waals surface area contributed by atoms with Crippen molar-refractivity contribution in [1.82, 2.24) is 10.2 Å². The van der Waals surface area contributed by atoms with Gasteiger partial charge in [0.1, 0.15) is 16.1 Å². The second-order valence-corrected chi connectivity index (χ2v) is 5.45. The Morgan fingerprint density at radius 2 is 2.21 bits per heavy atom. The molecule has 0 radical (unpaired) electrons. The van der Waals surface area contributed by atoms with Crippen molar-refractivity contribution in [3.63, 3.8) is 0 Å². The van der Waals surface area contributed by atoms with Crippen LogP contribution in [0.1, 0.15) is 42.8 Å². The Labute approximate surface area is 88.2 Å². The van der Waals surface area contributed by atoms with Crippen molar-refractivity contribution in [2.45, 2.75) is 39.2 Å². The molecule has 1 fully saturated rings. The van der Waals surface area contributed by atoms with Crippen molar-refractivity contribution in [3.8, 4) is 0 Å². The van der Waals surface area contributed by atoms with E-state index in [1.54, 1.807) is 18.3 Å². The van der Waals surface area contributed by atoms with Gasteiger partial charge in [0.25, 0.3) is 0 Å². The summed E-state index contributed by atoms with van der Waals surface area (Å²) in [5, 5.41) is 19.2. The zero-order valence-electron chi connectivity index (χ0n) is 8.60. The molecule has 1 saturated carbocycles. The predicted molar refractivity (Wildman–Crippen MR) is 56.1 cm³/mol. The number of aliphatic hydroxyl groups excluding tert-OH is 1. The topological polar surface area (TPSA) is 46.0 Å². The second kappa shape index (κ2) is 3.95. The van der Waals surface area contributed by atoms with Gasteiger partial charge >= 0.3 is 0 Å². The van der Waals surface area contributed by atoms with E-state index in [0.717, 1.165) is 28.3 Å². The molecule has 1 aliphatic carbocycles. The summed E-state index contributed by atoms with van der Waals surface area (Å²) in [7, 11) is 0. The minimum Gasteiger partial charge on any atom is -0.386 e. The Bertz CT molecular complexity index is 305. The molecule has 1 aliphatic rings. The van der Waals surface area contributed by atoms with E-state index in [0.29, 0.717) is 0 Å². The van der Waals surface area contributed by atoms with Crippen molar-refractivity contribution < 1.29 is 5.11 Å². The molecule has 0 unspecified atom stereocenters. The van der Waals surface area contributed by atoms with Gasteiger partial charge < -0.3 is 5.11 Å². The Balaban J connectivity index is 1.90. The molecule has 1 aromatic heterocycles. The number of aliphatic hydroxyl groups is 1. The van der Waals surface area contributed by atoms with Crippen molar-refractivity contribution in [2.75, 3.05) is 0 Å². The van der Waals surface area contributed by atoms with Crippen LogP contribution in [0.15, 0.2) is 0 Å². The number of nitrogens with zero attached hydrogens (tertiary/aromatic N) is 2. The standard InChI is InChI=1S/C10H16N2OS/c1-6-3-8(4-6)5-9-11-12-10(14-9)7(2)13/h6-8,13H,3-5H2,1-2H3/t6-,7-,8-/m1/s1. The molecule has 1 N–H and O–H groups in total. The first-order valence-corrected chi connectivity index (χ1v) is 5.97. The van der Waals surface area contributed by atoms with Gasteiger partial charge in [-0.2, -0.15) is 0 Å². The van der Waals surface area contributed by atoms with Gasteiger partial charge in [-0.15, -0.1) is 10.2 Å². The van der Waals surface area contributed by atoms with Gasteiger partial charge in [-0.1, -0.05) is 18.3 Å². The van der Waals surface area contributed by atoms with Crippen molar-refractivity contribution >= 4 is 11.3 Å². The number of hydrogen-bond donors (Lipinski definition) is 1. The van der Waals surface area contributed by atoms with Gasteiger partial charge in [-0.25, -0.2) is 0 Å². The summed E-state index contributed by atoms with van der Waals surface area (Å²) in [6.07, 6.45) is 3.23. The fourth-order valence-electron chi connectivity index (χ4n) is 2.00. The molecule has 14 heavy (non-hydrogen) atoms. The van der Waals surface area contributed by atoms with Gasteiger partial charge in [-0.3, -0.25) is 0 Å². The maximum absolute atomic E-state index is 9.29. The van der Waals surface area contributed by atoms with Crippen LogP contribution in [-0.4, -0.2) is 15.3 Å². The SMILES string of the molecule is C[C@@H](O)c1nnc(C[C@H]2C[C@H](C)C2)s1. The molecule has 0 bridgehead atoms. The molecule has 1 aromatic rings. The molecular formula is C10H16N2OS. The third-order valence-electron chi connectivity index (χ3n) is 2.77. The van der Waals surface area contributed by atoms with Gasteiger partial charge in [0, 0.05) is 6.42 Å². The van der Waals surface area contributed by atoms with Gasteiger partial charge in [0.05, 0.1) is 0 Å². The summed E-state index contributed by atoms with van der Waals surface area (Å²) in [5.74, 6) is 1.70. The largest absolute Gasteiger partial charge is 0.386 e. The molecule has 78 valence electrons. The Morgan fingerprint density at radius 3 is 2.71 bits per heavy atom. The Hall–Kier alpha value is -0.480. The summed E-state index contributed by atoms with van der Waals surface area (Å²) < 4.78 is 0. The first-order chi connectivity index (χ1) is 6.65. The molecule has 2 rings (SSSR count). The van der Waals surface area contributed by atoms with Crippen LogP contribution in [0.25, 0.3) is 0 Å². The molecule has 0 amide bonds. The van der Waals surface area contributed by atoms with Gasteiger partial charge in [-0.05, 0) is 31.6 Å². The maximum atomic E-state index is 9.29.